The van der Waals surface area contributed by atoms with E-state index in [2.05, 4.69) is 5.32 Å². The van der Waals surface area contributed by atoms with Gasteiger partial charge in [-0.3, -0.25) is 0 Å². The van der Waals surface area contributed by atoms with Crippen molar-refractivity contribution >= 4 is 0 Å². The van der Waals surface area contributed by atoms with Crippen LogP contribution < -0.4 is 5.32 Å². The van der Waals surface area contributed by atoms with E-state index in [-0.39, 0.29) is 18.2 Å². The van der Waals surface area contributed by atoms with E-state index in [9.17, 15) is 10.2 Å². The van der Waals surface area contributed by atoms with Gasteiger partial charge < -0.3 is 15.5 Å². The van der Waals surface area contributed by atoms with Crippen LogP contribution in [0.15, 0.2) is 0 Å². The van der Waals surface area contributed by atoms with Crippen molar-refractivity contribution in [3.8, 4) is 0 Å². The summed E-state index contributed by atoms with van der Waals surface area (Å²) < 4.78 is 0. The van der Waals surface area contributed by atoms with Crippen molar-refractivity contribution in [2.24, 2.45) is 5.92 Å². The van der Waals surface area contributed by atoms with Crippen LogP contribution in [0.3, 0.4) is 0 Å². The van der Waals surface area contributed by atoms with Gasteiger partial charge in [0, 0.05) is 6.04 Å². The standard InChI is InChI=1S/C11H23NO2/c1-8(9(2)13)12-7-10-3-5-11(14)6-4-10/h8-14H,3-7H2,1-2H3. The molecule has 0 spiro atoms. The molecule has 3 heteroatoms. The van der Waals surface area contributed by atoms with Crippen LogP contribution in [0.2, 0.25) is 0 Å². The van der Waals surface area contributed by atoms with Gasteiger partial charge in [-0.15, -0.1) is 0 Å². The Hall–Kier alpha value is -0.120. The van der Waals surface area contributed by atoms with Gasteiger partial charge in [0.1, 0.15) is 0 Å². The van der Waals surface area contributed by atoms with E-state index >= 15 is 0 Å². The smallest absolute Gasteiger partial charge is 0.0662 e. The minimum Gasteiger partial charge on any atom is -0.393 e. The minimum absolute atomic E-state index is 0.0690. The molecule has 84 valence electrons. The van der Waals surface area contributed by atoms with Crippen molar-refractivity contribution in [2.75, 3.05) is 6.54 Å². The lowest BCUT2D eigenvalue weighted by Crippen LogP contribution is -2.39. The van der Waals surface area contributed by atoms with Crippen molar-refractivity contribution in [2.45, 2.75) is 57.8 Å². The number of aliphatic hydroxyl groups excluding tert-OH is 2. The zero-order valence-corrected chi connectivity index (χ0v) is 9.24. The Labute approximate surface area is 86.5 Å². The average molecular weight is 201 g/mol. The van der Waals surface area contributed by atoms with Crippen LogP contribution in [0.5, 0.6) is 0 Å². The number of hydrogen-bond acceptors (Lipinski definition) is 3. The van der Waals surface area contributed by atoms with Crippen LogP contribution in [0.1, 0.15) is 39.5 Å². The molecule has 0 saturated heterocycles. The molecule has 1 fully saturated rings. The third kappa shape index (κ3) is 3.95. The molecule has 1 rings (SSSR count). The molecule has 14 heavy (non-hydrogen) atoms. The normalized spacial score (nSPS) is 32.6. The van der Waals surface area contributed by atoms with E-state index in [0.29, 0.717) is 5.92 Å². The van der Waals surface area contributed by atoms with Crippen LogP contribution >= 0.6 is 0 Å². The van der Waals surface area contributed by atoms with E-state index in [0.717, 1.165) is 32.2 Å². The summed E-state index contributed by atoms with van der Waals surface area (Å²) >= 11 is 0. The Morgan fingerprint density at radius 3 is 2.29 bits per heavy atom. The molecular weight excluding hydrogens is 178 g/mol. The maximum atomic E-state index is 9.33. The van der Waals surface area contributed by atoms with E-state index < -0.39 is 0 Å². The number of rotatable bonds is 4. The maximum Gasteiger partial charge on any atom is 0.0662 e. The Kier molecular flexibility index (Phi) is 4.85. The molecule has 0 aromatic carbocycles. The van der Waals surface area contributed by atoms with Crippen molar-refractivity contribution in [3.05, 3.63) is 0 Å². The van der Waals surface area contributed by atoms with Gasteiger partial charge in [-0.1, -0.05) is 0 Å². The van der Waals surface area contributed by atoms with Crippen LogP contribution in [0.4, 0.5) is 0 Å². The summed E-state index contributed by atoms with van der Waals surface area (Å²) in [6.07, 6.45) is 3.75. The lowest BCUT2D eigenvalue weighted by molar-refractivity contribution is 0.103. The van der Waals surface area contributed by atoms with Gasteiger partial charge in [-0.05, 0) is 52.0 Å². The van der Waals surface area contributed by atoms with Crippen molar-refractivity contribution in [3.63, 3.8) is 0 Å². The van der Waals surface area contributed by atoms with Crippen LogP contribution in [-0.4, -0.2) is 35.0 Å². The summed E-state index contributed by atoms with van der Waals surface area (Å²) in [5, 5.41) is 22.0. The second-order valence-electron chi connectivity index (χ2n) is 4.61. The highest BCUT2D eigenvalue weighted by molar-refractivity contribution is 4.75. The van der Waals surface area contributed by atoms with Crippen LogP contribution in [0, 0.1) is 5.92 Å². The lowest BCUT2D eigenvalue weighted by Gasteiger charge is -2.27. The zero-order valence-electron chi connectivity index (χ0n) is 9.24. The second kappa shape index (κ2) is 5.69. The molecule has 1 aliphatic carbocycles. The molecular formula is C11H23NO2. The molecule has 0 radical (unpaired) electrons. The third-order valence-electron chi connectivity index (χ3n) is 3.27. The topological polar surface area (TPSA) is 52.5 Å². The fourth-order valence-electron chi connectivity index (χ4n) is 1.87. The number of aliphatic hydroxyl groups is 2. The molecule has 0 aromatic rings. The number of hydrogen-bond donors (Lipinski definition) is 3. The van der Waals surface area contributed by atoms with Gasteiger partial charge in [0.15, 0.2) is 0 Å². The molecule has 2 unspecified atom stereocenters. The largest absolute Gasteiger partial charge is 0.393 e. The van der Waals surface area contributed by atoms with E-state index in [4.69, 9.17) is 0 Å². The summed E-state index contributed by atoms with van der Waals surface area (Å²) in [4.78, 5) is 0. The van der Waals surface area contributed by atoms with Gasteiger partial charge in [-0.2, -0.15) is 0 Å². The fourth-order valence-corrected chi connectivity index (χ4v) is 1.87. The molecule has 0 heterocycles. The highest BCUT2D eigenvalue weighted by atomic mass is 16.3. The average Bonchev–Trinajstić information content (AvgIpc) is 2.16. The summed E-state index contributed by atoms with van der Waals surface area (Å²) in [5.41, 5.74) is 0. The van der Waals surface area contributed by atoms with Gasteiger partial charge in [0.2, 0.25) is 0 Å². The van der Waals surface area contributed by atoms with Gasteiger partial charge >= 0.3 is 0 Å². The fraction of sp³-hybridized carbons (Fsp3) is 1.00. The van der Waals surface area contributed by atoms with Gasteiger partial charge in [0.05, 0.1) is 12.2 Å². The Morgan fingerprint density at radius 1 is 1.21 bits per heavy atom. The van der Waals surface area contributed by atoms with E-state index in [1.165, 1.54) is 0 Å². The maximum absolute atomic E-state index is 9.33. The van der Waals surface area contributed by atoms with E-state index in [1.807, 2.05) is 13.8 Å². The summed E-state index contributed by atoms with van der Waals surface area (Å²) in [6, 6.07) is 0.168. The van der Waals surface area contributed by atoms with E-state index in [1.54, 1.807) is 0 Å². The molecule has 3 nitrogen and oxygen atoms in total. The Morgan fingerprint density at radius 2 is 1.79 bits per heavy atom. The third-order valence-corrected chi connectivity index (χ3v) is 3.27. The van der Waals surface area contributed by atoms with Crippen LogP contribution in [-0.2, 0) is 0 Å². The SMILES string of the molecule is CC(O)C(C)NCC1CCC(O)CC1. The monoisotopic (exact) mass is 201 g/mol. The Balaban J connectivity index is 2.13. The van der Waals surface area contributed by atoms with Gasteiger partial charge in [0.25, 0.3) is 0 Å². The molecule has 0 amide bonds. The first-order valence-electron chi connectivity index (χ1n) is 5.69. The first-order chi connectivity index (χ1) is 6.59. The summed E-state index contributed by atoms with van der Waals surface area (Å²) in [7, 11) is 0. The second-order valence-corrected chi connectivity index (χ2v) is 4.61. The quantitative estimate of drug-likeness (QED) is 0.633. The molecule has 0 bridgehead atoms. The highest BCUT2D eigenvalue weighted by Gasteiger charge is 2.20. The molecule has 1 aliphatic rings. The molecule has 3 N–H and O–H groups in total. The van der Waals surface area contributed by atoms with Crippen LogP contribution in [0.25, 0.3) is 0 Å². The lowest BCUT2D eigenvalue weighted by atomic mass is 9.87. The summed E-state index contributed by atoms with van der Waals surface area (Å²) in [6.45, 7) is 4.78. The summed E-state index contributed by atoms with van der Waals surface area (Å²) in [5.74, 6) is 0.680. The van der Waals surface area contributed by atoms with Gasteiger partial charge in [-0.25, -0.2) is 0 Å². The first kappa shape index (κ1) is 12.0. The number of nitrogens with one attached hydrogen (secondary N) is 1. The minimum atomic E-state index is -0.288. The molecule has 1 saturated carbocycles. The first-order valence-corrected chi connectivity index (χ1v) is 5.69. The molecule has 0 aliphatic heterocycles. The highest BCUT2D eigenvalue weighted by Crippen LogP contribution is 2.23. The predicted octanol–water partition coefficient (Wildman–Crippen LogP) is 0.896. The van der Waals surface area contributed by atoms with Crippen molar-refractivity contribution in [1.82, 2.24) is 5.32 Å². The van der Waals surface area contributed by atoms with Crippen molar-refractivity contribution < 1.29 is 10.2 Å². The molecule has 2 atom stereocenters. The Bertz CT molecular complexity index is 153. The van der Waals surface area contributed by atoms with Crippen molar-refractivity contribution in [1.29, 1.82) is 0 Å². The predicted molar refractivity (Wildman–Crippen MR) is 57.1 cm³/mol. The molecule has 0 aromatic heterocycles. The zero-order chi connectivity index (χ0) is 10.6.